The number of amides is 1. The molecule has 1 heterocycles. The van der Waals surface area contributed by atoms with E-state index in [2.05, 4.69) is 15.5 Å². The van der Waals surface area contributed by atoms with Gasteiger partial charge in [0.05, 0.1) is 5.71 Å². The minimum Gasteiger partial charge on any atom is -0.323 e. The molecular formula is C12H19N3O2S2. The van der Waals surface area contributed by atoms with Gasteiger partial charge in [-0.2, -0.15) is 0 Å². The molecule has 106 valence electrons. The molecule has 5 nitrogen and oxygen atoms in total. The summed E-state index contributed by atoms with van der Waals surface area (Å²) in [7, 11) is 1.50. The fourth-order valence-electron chi connectivity index (χ4n) is 1.05. The van der Waals surface area contributed by atoms with Gasteiger partial charge in [0.25, 0.3) is 0 Å². The zero-order chi connectivity index (χ0) is 14.5. The van der Waals surface area contributed by atoms with Crippen LogP contribution in [0, 0.1) is 12.3 Å². The van der Waals surface area contributed by atoms with Gasteiger partial charge in [0, 0.05) is 29.3 Å². The SMILES string of the molecule is CNC(=O)O/N=C(/CSc1nc(C)cs1)C(C)(C)C. The van der Waals surface area contributed by atoms with Gasteiger partial charge in [0.2, 0.25) is 0 Å². The number of carbonyl (C=O) groups is 1. The summed E-state index contributed by atoms with van der Waals surface area (Å²) in [5.74, 6) is 0.646. The van der Waals surface area contributed by atoms with Crippen molar-refractivity contribution in [3.63, 3.8) is 0 Å². The van der Waals surface area contributed by atoms with E-state index >= 15 is 0 Å². The van der Waals surface area contributed by atoms with Crippen LogP contribution in [0.4, 0.5) is 4.79 Å². The lowest BCUT2D eigenvalue weighted by molar-refractivity contribution is 0.152. The Morgan fingerprint density at radius 1 is 1.58 bits per heavy atom. The van der Waals surface area contributed by atoms with Crippen molar-refractivity contribution >= 4 is 34.9 Å². The molecule has 1 aromatic rings. The highest BCUT2D eigenvalue weighted by atomic mass is 32.2. The number of hydrogen-bond acceptors (Lipinski definition) is 6. The summed E-state index contributed by atoms with van der Waals surface area (Å²) in [4.78, 5) is 20.2. The van der Waals surface area contributed by atoms with E-state index < -0.39 is 6.09 Å². The van der Waals surface area contributed by atoms with Crippen molar-refractivity contribution in [2.45, 2.75) is 32.0 Å². The Balaban J connectivity index is 2.67. The van der Waals surface area contributed by atoms with Gasteiger partial charge in [0.15, 0.2) is 0 Å². The molecular weight excluding hydrogens is 282 g/mol. The van der Waals surface area contributed by atoms with Crippen LogP contribution in [-0.4, -0.2) is 29.6 Å². The summed E-state index contributed by atoms with van der Waals surface area (Å²) in [5, 5.41) is 8.32. The van der Waals surface area contributed by atoms with Crippen LogP contribution in [0.25, 0.3) is 0 Å². The van der Waals surface area contributed by atoms with E-state index in [-0.39, 0.29) is 5.41 Å². The lowest BCUT2D eigenvalue weighted by Crippen LogP contribution is -2.25. The van der Waals surface area contributed by atoms with Crippen LogP contribution in [0.3, 0.4) is 0 Å². The van der Waals surface area contributed by atoms with Gasteiger partial charge >= 0.3 is 6.09 Å². The summed E-state index contributed by atoms with van der Waals surface area (Å²) in [6.07, 6.45) is -0.558. The van der Waals surface area contributed by atoms with Gasteiger partial charge in [-0.3, -0.25) is 4.84 Å². The van der Waals surface area contributed by atoms with Gasteiger partial charge in [-0.25, -0.2) is 9.78 Å². The van der Waals surface area contributed by atoms with E-state index in [1.807, 2.05) is 33.1 Å². The van der Waals surface area contributed by atoms with Crippen molar-refractivity contribution in [2.24, 2.45) is 10.6 Å². The molecule has 19 heavy (non-hydrogen) atoms. The molecule has 0 aromatic carbocycles. The number of aromatic nitrogens is 1. The second-order valence-corrected chi connectivity index (χ2v) is 7.04. The van der Waals surface area contributed by atoms with Gasteiger partial charge in [-0.1, -0.05) is 37.7 Å². The number of thioether (sulfide) groups is 1. The molecule has 1 amide bonds. The second kappa shape index (κ2) is 6.91. The molecule has 0 radical (unpaired) electrons. The van der Waals surface area contributed by atoms with Crippen LogP contribution in [0.2, 0.25) is 0 Å². The first kappa shape index (κ1) is 16.0. The lowest BCUT2D eigenvalue weighted by atomic mass is 9.91. The minimum absolute atomic E-state index is 0.159. The van der Waals surface area contributed by atoms with E-state index in [0.29, 0.717) is 5.75 Å². The first-order valence-corrected chi connectivity index (χ1v) is 7.70. The van der Waals surface area contributed by atoms with Crippen molar-refractivity contribution in [3.8, 4) is 0 Å². The van der Waals surface area contributed by atoms with Gasteiger partial charge in [0.1, 0.15) is 4.34 Å². The lowest BCUT2D eigenvalue weighted by Gasteiger charge is -2.19. The minimum atomic E-state index is -0.558. The Morgan fingerprint density at radius 3 is 2.74 bits per heavy atom. The quantitative estimate of drug-likeness (QED) is 0.401. The zero-order valence-corrected chi connectivity index (χ0v) is 13.4. The van der Waals surface area contributed by atoms with E-state index in [1.54, 1.807) is 23.1 Å². The van der Waals surface area contributed by atoms with Gasteiger partial charge in [-0.05, 0) is 6.92 Å². The average molecular weight is 301 g/mol. The largest absolute Gasteiger partial charge is 0.433 e. The molecule has 0 spiro atoms. The molecule has 1 rings (SSSR count). The Labute approximate surface area is 121 Å². The second-order valence-electron chi connectivity index (χ2n) is 4.96. The highest BCUT2D eigenvalue weighted by molar-refractivity contribution is 8.01. The number of carbonyl (C=O) groups excluding carboxylic acids is 1. The number of oxime groups is 1. The van der Waals surface area contributed by atoms with E-state index in [9.17, 15) is 4.79 Å². The normalized spacial score (nSPS) is 12.4. The fourth-order valence-corrected chi connectivity index (χ4v) is 3.12. The molecule has 0 atom stereocenters. The van der Waals surface area contributed by atoms with Crippen LogP contribution in [-0.2, 0) is 4.84 Å². The smallest absolute Gasteiger partial charge is 0.323 e. The molecule has 0 saturated carbocycles. The van der Waals surface area contributed by atoms with Gasteiger partial charge in [-0.15, -0.1) is 11.3 Å². The fraction of sp³-hybridized carbons (Fsp3) is 0.583. The highest BCUT2D eigenvalue weighted by Crippen LogP contribution is 2.26. The first-order chi connectivity index (χ1) is 8.82. The molecule has 0 saturated heterocycles. The Morgan fingerprint density at radius 2 is 2.26 bits per heavy atom. The maximum absolute atomic E-state index is 11.1. The van der Waals surface area contributed by atoms with E-state index in [0.717, 1.165) is 15.7 Å². The van der Waals surface area contributed by atoms with Crippen LogP contribution in [0.1, 0.15) is 26.5 Å². The molecule has 0 unspecified atom stereocenters. The van der Waals surface area contributed by atoms with E-state index in [4.69, 9.17) is 4.84 Å². The predicted octanol–water partition coefficient (Wildman–Crippen LogP) is 3.30. The third-order valence-corrected chi connectivity index (χ3v) is 4.39. The highest BCUT2D eigenvalue weighted by Gasteiger charge is 2.21. The molecule has 0 fully saturated rings. The van der Waals surface area contributed by atoms with Crippen molar-refractivity contribution in [1.82, 2.24) is 10.3 Å². The number of hydrogen-bond donors (Lipinski definition) is 1. The summed E-state index contributed by atoms with van der Waals surface area (Å²) in [6.45, 7) is 8.07. The molecule has 1 aromatic heterocycles. The van der Waals surface area contributed by atoms with Crippen molar-refractivity contribution < 1.29 is 9.63 Å². The van der Waals surface area contributed by atoms with Crippen molar-refractivity contribution in [1.29, 1.82) is 0 Å². The molecule has 0 bridgehead atoms. The zero-order valence-electron chi connectivity index (χ0n) is 11.8. The topological polar surface area (TPSA) is 63.6 Å². The molecule has 0 aliphatic carbocycles. The number of aryl methyl sites for hydroxylation is 1. The average Bonchev–Trinajstić information content (AvgIpc) is 2.72. The van der Waals surface area contributed by atoms with Gasteiger partial charge < -0.3 is 5.32 Å². The number of thiazole rings is 1. The summed E-state index contributed by atoms with van der Waals surface area (Å²) < 4.78 is 0.995. The Hall–Kier alpha value is -1.08. The third-order valence-electron chi connectivity index (χ3n) is 2.24. The summed E-state index contributed by atoms with van der Waals surface area (Å²) in [6, 6.07) is 0. The summed E-state index contributed by atoms with van der Waals surface area (Å²) >= 11 is 3.21. The maximum atomic E-state index is 11.1. The number of nitrogens with one attached hydrogen (secondary N) is 1. The van der Waals surface area contributed by atoms with Crippen LogP contribution < -0.4 is 5.32 Å². The van der Waals surface area contributed by atoms with Crippen molar-refractivity contribution in [2.75, 3.05) is 12.8 Å². The standard InChI is InChI=1S/C12H19N3O2S2/c1-8-6-18-11(14-8)19-7-9(12(2,3)4)15-17-10(16)13-5/h6H,7H2,1-5H3,(H,13,16)/b15-9-. The monoisotopic (exact) mass is 301 g/mol. The van der Waals surface area contributed by atoms with Crippen LogP contribution >= 0.6 is 23.1 Å². The molecule has 0 aliphatic rings. The third kappa shape index (κ3) is 5.61. The van der Waals surface area contributed by atoms with Crippen LogP contribution in [0.5, 0.6) is 0 Å². The number of nitrogens with zero attached hydrogens (tertiary/aromatic N) is 2. The Bertz CT molecular complexity index is 464. The molecule has 7 heteroatoms. The molecule has 0 aliphatic heterocycles. The first-order valence-electron chi connectivity index (χ1n) is 5.84. The predicted molar refractivity (Wildman–Crippen MR) is 80.0 cm³/mol. The van der Waals surface area contributed by atoms with E-state index in [1.165, 1.54) is 7.05 Å². The van der Waals surface area contributed by atoms with Crippen molar-refractivity contribution in [3.05, 3.63) is 11.1 Å². The number of rotatable bonds is 4. The molecule has 1 N–H and O–H groups in total. The maximum Gasteiger partial charge on any atom is 0.433 e. The summed E-state index contributed by atoms with van der Waals surface area (Å²) in [5.41, 5.74) is 1.67. The van der Waals surface area contributed by atoms with Crippen LogP contribution in [0.15, 0.2) is 14.9 Å². The Kier molecular flexibility index (Phi) is 5.81.